The smallest absolute Gasteiger partial charge is 0.420 e. The molecule has 0 spiro atoms. The molecular formula is C19H26BrNO6. The number of benzene rings is 1. The van der Waals surface area contributed by atoms with Crippen LogP contribution in [0.4, 0.5) is 9.59 Å². The Kier molecular flexibility index (Phi) is 7.42. The lowest BCUT2D eigenvalue weighted by Crippen LogP contribution is -2.43. The van der Waals surface area contributed by atoms with Crippen molar-refractivity contribution in [1.82, 2.24) is 4.90 Å². The predicted octanol–water partition coefficient (Wildman–Crippen LogP) is 4.91. The van der Waals surface area contributed by atoms with Crippen LogP contribution in [-0.2, 0) is 20.8 Å². The van der Waals surface area contributed by atoms with Crippen LogP contribution in [0.3, 0.4) is 0 Å². The third kappa shape index (κ3) is 7.58. The average molecular weight is 444 g/mol. The van der Waals surface area contributed by atoms with Crippen LogP contribution < -0.4 is 0 Å². The predicted molar refractivity (Wildman–Crippen MR) is 103 cm³/mol. The molecule has 0 aliphatic carbocycles. The van der Waals surface area contributed by atoms with E-state index in [9.17, 15) is 14.4 Å². The summed E-state index contributed by atoms with van der Waals surface area (Å²) in [7, 11) is 1.29. The van der Waals surface area contributed by atoms with Crippen LogP contribution in [0, 0.1) is 0 Å². The maximum Gasteiger partial charge on any atom is 0.420 e. The molecular weight excluding hydrogens is 418 g/mol. The Morgan fingerprint density at radius 3 is 1.81 bits per heavy atom. The zero-order valence-corrected chi connectivity index (χ0v) is 18.3. The van der Waals surface area contributed by atoms with E-state index in [0.29, 0.717) is 15.6 Å². The molecule has 0 aliphatic rings. The maximum absolute atomic E-state index is 12.5. The fourth-order valence-electron chi connectivity index (χ4n) is 1.93. The number of carbonyl (C=O) groups is 3. The Labute approximate surface area is 168 Å². The van der Waals surface area contributed by atoms with Crippen molar-refractivity contribution < 1.29 is 28.6 Å². The van der Waals surface area contributed by atoms with Gasteiger partial charge in [0, 0.05) is 4.47 Å². The summed E-state index contributed by atoms with van der Waals surface area (Å²) < 4.78 is 15.9. The fourth-order valence-corrected chi connectivity index (χ4v) is 2.43. The number of halogens is 1. The first-order valence-electron chi connectivity index (χ1n) is 8.34. The van der Waals surface area contributed by atoms with Gasteiger partial charge in [0.1, 0.15) is 11.2 Å². The third-order valence-electron chi connectivity index (χ3n) is 3.03. The number of rotatable bonds is 3. The van der Waals surface area contributed by atoms with Crippen LogP contribution in [0.15, 0.2) is 22.7 Å². The Bertz CT molecular complexity index is 690. The van der Waals surface area contributed by atoms with Crippen molar-refractivity contribution in [2.75, 3.05) is 7.11 Å². The van der Waals surface area contributed by atoms with E-state index < -0.39 is 29.4 Å². The normalized spacial score (nSPS) is 11.6. The summed E-state index contributed by atoms with van der Waals surface area (Å²) in [5.74, 6) is -0.488. The lowest BCUT2D eigenvalue weighted by Gasteiger charge is -2.28. The number of hydrogen-bond donors (Lipinski definition) is 0. The second kappa shape index (κ2) is 8.73. The van der Waals surface area contributed by atoms with Crippen molar-refractivity contribution in [3.8, 4) is 0 Å². The zero-order valence-electron chi connectivity index (χ0n) is 16.7. The van der Waals surface area contributed by atoms with Crippen molar-refractivity contribution in [3.63, 3.8) is 0 Å². The van der Waals surface area contributed by atoms with E-state index in [1.54, 1.807) is 59.7 Å². The number of carbonyl (C=O) groups excluding carboxylic acids is 3. The highest BCUT2D eigenvalue weighted by atomic mass is 79.9. The Morgan fingerprint density at radius 1 is 0.963 bits per heavy atom. The van der Waals surface area contributed by atoms with E-state index in [0.717, 1.165) is 4.90 Å². The standard InChI is InChI=1S/C19H26BrNO6/c1-18(2,3)26-16(23)21(17(24)27-19(4,5)6)11-13-9-8-12(10-14(13)20)15(22)25-7/h8-10H,11H2,1-7H3. The van der Waals surface area contributed by atoms with E-state index in [2.05, 4.69) is 20.7 Å². The quantitative estimate of drug-likeness (QED) is 0.487. The second-order valence-electron chi connectivity index (χ2n) is 7.84. The first-order valence-corrected chi connectivity index (χ1v) is 9.13. The molecule has 0 bridgehead atoms. The van der Waals surface area contributed by atoms with Gasteiger partial charge in [-0.2, -0.15) is 0 Å². The number of methoxy groups -OCH3 is 1. The molecule has 0 heterocycles. The van der Waals surface area contributed by atoms with Crippen LogP contribution in [-0.4, -0.2) is 41.4 Å². The van der Waals surface area contributed by atoms with Crippen molar-refractivity contribution in [1.29, 1.82) is 0 Å². The molecule has 0 radical (unpaired) electrons. The molecule has 0 N–H and O–H groups in total. The molecule has 1 rings (SSSR count). The maximum atomic E-state index is 12.5. The fraction of sp³-hybridized carbons (Fsp3) is 0.526. The summed E-state index contributed by atoms with van der Waals surface area (Å²) >= 11 is 3.36. The highest BCUT2D eigenvalue weighted by Gasteiger charge is 2.31. The van der Waals surface area contributed by atoms with Gasteiger partial charge in [-0.3, -0.25) is 0 Å². The van der Waals surface area contributed by atoms with Crippen LogP contribution in [0.2, 0.25) is 0 Å². The van der Waals surface area contributed by atoms with Crippen LogP contribution in [0.5, 0.6) is 0 Å². The lowest BCUT2D eigenvalue weighted by atomic mass is 10.1. The number of esters is 1. The molecule has 1 aromatic rings. The topological polar surface area (TPSA) is 82.1 Å². The van der Waals surface area contributed by atoms with Gasteiger partial charge >= 0.3 is 18.2 Å². The summed E-state index contributed by atoms with van der Waals surface area (Å²) in [5.41, 5.74) is -0.610. The van der Waals surface area contributed by atoms with Crippen LogP contribution >= 0.6 is 15.9 Å². The van der Waals surface area contributed by atoms with Gasteiger partial charge in [0.25, 0.3) is 0 Å². The monoisotopic (exact) mass is 443 g/mol. The summed E-state index contributed by atoms with van der Waals surface area (Å²) in [6.07, 6.45) is -1.64. The number of imide groups is 1. The third-order valence-corrected chi connectivity index (χ3v) is 3.77. The van der Waals surface area contributed by atoms with Gasteiger partial charge in [-0.05, 0) is 59.2 Å². The minimum absolute atomic E-state index is 0.0914. The number of nitrogens with zero attached hydrogens (tertiary/aromatic N) is 1. The number of ether oxygens (including phenoxy) is 3. The molecule has 1 aromatic carbocycles. The van der Waals surface area contributed by atoms with Crippen LogP contribution in [0.1, 0.15) is 57.5 Å². The zero-order chi connectivity index (χ0) is 21.0. The number of hydrogen-bond acceptors (Lipinski definition) is 6. The molecule has 0 saturated heterocycles. The molecule has 7 nitrogen and oxygen atoms in total. The molecule has 2 amide bonds. The minimum Gasteiger partial charge on any atom is -0.465 e. The first-order chi connectivity index (χ1) is 12.2. The first kappa shape index (κ1) is 23.0. The van der Waals surface area contributed by atoms with Gasteiger partial charge in [-0.15, -0.1) is 0 Å². The summed E-state index contributed by atoms with van der Waals surface area (Å²) in [4.78, 5) is 37.6. The van der Waals surface area contributed by atoms with E-state index in [1.807, 2.05) is 0 Å². The molecule has 150 valence electrons. The lowest BCUT2D eigenvalue weighted by molar-refractivity contribution is -0.000324. The van der Waals surface area contributed by atoms with E-state index >= 15 is 0 Å². The Balaban J connectivity index is 3.15. The summed E-state index contributed by atoms with van der Waals surface area (Å²) in [6.45, 7) is 10.2. The SMILES string of the molecule is COC(=O)c1ccc(CN(C(=O)OC(C)(C)C)C(=O)OC(C)(C)C)c(Br)c1. The van der Waals surface area contributed by atoms with Gasteiger partial charge in [0.05, 0.1) is 19.2 Å². The van der Waals surface area contributed by atoms with Gasteiger partial charge in [0.15, 0.2) is 0 Å². The second-order valence-corrected chi connectivity index (χ2v) is 8.70. The molecule has 27 heavy (non-hydrogen) atoms. The number of amides is 2. The van der Waals surface area contributed by atoms with E-state index in [-0.39, 0.29) is 6.54 Å². The molecule has 0 unspecified atom stereocenters. The van der Waals surface area contributed by atoms with Crippen molar-refractivity contribution in [2.45, 2.75) is 59.3 Å². The van der Waals surface area contributed by atoms with Gasteiger partial charge in [0.2, 0.25) is 0 Å². The van der Waals surface area contributed by atoms with Crippen molar-refractivity contribution >= 4 is 34.1 Å². The molecule has 0 saturated carbocycles. The van der Waals surface area contributed by atoms with Gasteiger partial charge in [-0.1, -0.05) is 22.0 Å². The molecule has 0 aliphatic heterocycles. The average Bonchev–Trinajstić information content (AvgIpc) is 2.49. The summed E-state index contributed by atoms with van der Waals surface area (Å²) in [5, 5.41) is 0. The van der Waals surface area contributed by atoms with E-state index in [1.165, 1.54) is 7.11 Å². The Morgan fingerprint density at radius 2 is 1.44 bits per heavy atom. The molecule has 8 heteroatoms. The van der Waals surface area contributed by atoms with Crippen molar-refractivity contribution in [2.24, 2.45) is 0 Å². The largest absolute Gasteiger partial charge is 0.465 e. The van der Waals surface area contributed by atoms with Crippen molar-refractivity contribution in [3.05, 3.63) is 33.8 Å². The molecule has 0 atom stereocenters. The Hall–Kier alpha value is -2.09. The molecule has 0 fully saturated rings. The highest BCUT2D eigenvalue weighted by Crippen LogP contribution is 2.23. The molecule has 0 aromatic heterocycles. The van der Waals surface area contributed by atoms with Crippen LogP contribution in [0.25, 0.3) is 0 Å². The van der Waals surface area contributed by atoms with E-state index in [4.69, 9.17) is 9.47 Å². The highest BCUT2D eigenvalue weighted by molar-refractivity contribution is 9.10. The van der Waals surface area contributed by atoms with Gasteiger partial charge < -0.3 is 14.2 Å². The minimum atomic E-state index is -0.819. The summed E-state index contributed by atoms with van der Waals surface area (Å²) in [6, 6.07) is 4.73. The van der Waals surface area contributed by atoms with Gasteiger partial charge in [-0.25, -0.2) is 19.3 Å².